The summed E-state index contributed by atoms with van der Waals surface area (Å²) in [5.41, 5.74) is 1.24. The summed E-state index contributed by atoms with van der Waals surface area (Å²) in [4.78, 5) is 19.7. The minimum Gasteiger partial charge on any atom is -0.406 e. The van der Waals surface area contributed by atoms with E-state index in [1.807, 2.05) is 0 Å². The van der Waals surface area contributed by atoms with Gasteiger partial charge in [0.1, 0.15) is 15.6 Å². The topological polar surface area (TPSA) is 54.5 Å². The number of benzene rings is 1. The molecule has 2 heterocycles. The quantitative estimate of drug-likeness (QED) is 0.770. The number of piperidine rings is 1. The van der Waals surface area contributed by atoms with Gasteiger partial charge in [-0.1, -0.05) is 6.42 Å². The summed E-state index contributed by atoms with van der Waals surface area (Å²) in [6.07, 6.45) is -1.04. The van der Waals surface area contributed by atoms with Gasteiger partial charge >= 0.3 is 6.36 Å². The molecule has 0 aliphatic carbocycles. The molecular weight excluding hydrogens is 391 g/mol. The molecule has 1 aromatic carbocycles. The van der Waals surface area contributed by atoms with E-state index in [1.165, 1.54) is 54.9 Å². The second-order valence-electron chi connectivity index (χ2n) is 6.66. The molecule has 0 atom stereocenters. The third kappa shape index (κ3) is 5.68. The third-order valence-corrected chi connectivity index (χ3v) is 5.71. The van der Waals surface area contributed by atoms with Crippen LogP contribution in [0.1, 0.15) is 34.6 Å². The number of hydrogen-bond donors (Lipinski definition) is 1. The number of thiazole rings is 1. The Morgan fingerprint density at radius 2 is 1.89 bits per heavy atom. The molecule has 1 aliphatic rings. The monoisotopic (exact) mass is 413 g/mol. The lowest BCUT2D eigenvalue weighted by molar-refractivity contribution is -0.274. The molecule has 0 bridgehead atoms. The Hall–Kier alpha value is -2.13. The van der Waals surface area contributed by atoms with Crippen molar-refractivity contribution in [2.45, 2.75) is 32.5 Å². The van der Waals surface area contributed by atoms with Crippen molar-refractivity contribution >= 4 is 17.2 Å². The molecule has 28 heavy (non-hydrogen) atoms. The number of aromatic nitrogens is 1. The fourth-order valence-electron chi connectivity index (χ4n) is 3.12. The lowest BCUT2D eigenvalue weighted by atomic mass is 10.1. The number of amides is 1. The van der Waals surface area contributed by atoms with Crippen LogP contribution in [0.2, 0.25) is 0 Å². The van der Waals surface area contributed by atoms with Crippen molar-refractivity contribution in [1.82, 2.24) is 15.2 Å². The highest BCUT2D eigenvalue weighted by molar-refractivity contribution is 7.17. The second-order valence-corrected chi connectivity index (χ2v) is 7.66. The Labute approximate surface area is 165 Å². The van der Waals surface area contributed by atoms with Gasteiger partial charge in [0.05, 0.1) is 5.69 Å². The third-order valence-electron chi connectivity index (χ3n) is 4.50. The van der Waals surface area contributed by atoms with Crippen LogP contribution in [0.25, 0.3) is 10.6 Å². The van der Waals surface area contributed by atoms with Crippen molar-refractivity contribution < 1.29 is 22.7 Å². The molecule has 0 spiro atoms. The fraction of sp³-hybridized carbons (Fsp3) is 0.474. The van der Waals surface area contributed by atoms with E-state index in [1.54, 1.807) is 6.92 Å². The molecular formula is C19H22F3N3O2S. The molecule has 0 radical (unpaired) electrons. The smallest absolute Gasteiger partial charge is 0.406 e. The van der Waals surface area contributed by atoms with E-state index < -0.39 is 6.36 Å². The zero-order chi connectivity index (χ0) is 20.1. The lowest BCUT2D eigenvalue weighted by Crippen LogP contribution is -2.37. The normalized spacial score (nSPS) is 15.4. The number of halogens is 3. The van der Waals surface area contributed by atoms with Crippen LogP contribution in [0.5, 0.6) is 5.75 Å². The van der Waals surface area contributed by atoms with E-state index in [-0.39, 0.29) is 11.7 Å². The van der Waals surface area contributed by atoms with Crippen LogP contribution in [0.4, 0.5) is 13.2 Å². The maximum Gasteiger partial charge on any atom is 0.573 e. The van der Waals surface area contributed by atoms with Gasteiger partial charge in [-0.3, -0.25) is 4.79 Å². The number of nitrogens with zero attached hydrogens (tertiary/aromatic N) is 2. The molecule has 0 unspecified atom stereocenters. The number of aryl methyl sites for hydroxylation is 1. The first kappa shape index (κ1) is 20.6. The van der Waals surface area contributed by atoms with E-state index in [0.717, 1.165) is 19.6 Å². The lowest BCUT2D eigenvalue weighted by Gasteiger charge is -2.26. The molecule has 9 heteroatoms. The van der Waals surface area contributed by atoms with Crippen LogP contribution >= 0.6 is 11.3 Å². The summed E-state index contributed by atoms with van der Waals surface area (Å²) >= 11 is 1.23. The van der Waals surface area contributed by atoms with Crippen LogP contribution in [0, 0.1) is 6.92 Å². The second kappa shape index (κ2) is 8.91. The highest BCUT2D eigenvalue weighted by Gasteiger charge is 2.31. The van der Waals surface area contributed by atoms with Gasteiger partial charge in [0.2, 0.25) is 0 Å². The highest BCUT2D eigenvalue weighted by atomic mass is 32.1. The number of likely N-dealkylation sites (tertiary alicyclic amines) is 1. The SMILES string of the molecule is Cc1nc(-c2ccc(OC(F)(F)F)cc2)sc1C(=O)NCCN1CCCCC1. The Morgan fingerprint density at radius 1 is 1.21 bits per heavy atom. The molecule has 1 aromatic heterocycles. The molecule has 3 rings (SSSR count). The number of hydrogen-bond acceptors (Lipinski definition) is 5. The van der Waals surface area contributed by atoms with Crippen molar-refractivity contribution in [2.75, 3.05) is 26.2 Å². The van der Waals surface area contributed by atoms with Crippen LogP contribution in [-0.4, -0.2) is 48.3 Å². The van der Waals surface area contributed by atoms with Crippen LogP contribution in [0.3, 0.4) is 0 Å². The first-order valence-corrected chi connectivity index (χ1v) is 9.97. The van der Waals surface area contributed by atoms with E-state index in [4.69, 9.17) is 0 Å². The Bertz CT molecular complexity index is 800. The average Bonchev–Trinajstić information content (AvgIpc) is 3.04. The predicted molar refractivity (Wildman–Crippen MR) is 102 cm³/mol. The zero-order valence-corrected chi connectivity index (χ0v) is 16.3. The zero-order valence-electron chi connectivity index (χ0n) is 15.5. The number of ether oxygens (including phenoxy) is 1. The number of alkyl halides is 3. The van der Waals surface area contributed by atoms with Crippen LogP contribution in [-0.2, 0) is 0 Å². The van der Waals surface area contributed by atoms with Crippen molar-refractivity contribution in [3.8, 4) is 16.3 Å². The molecule has 1 amide bonds. The summed E-state index contributed by atoms with van der Waals surface area (Å²) in [5.74, 6) is -0.463. The van der Waals surface area contributed by atoms with E-state index in [2.05, 4.69) is 19.9 Å². The van der Waals surface area contributed by atoms with E-state index in [9.17, 15) is 18.0 Å². The molecule has 152 valence electrons. The van der Waals surface area contributed by atoms with Gasteiger partial charge in [-0.25, -0.2) is 4.98 Å². The molecule has 1 saturated heterocycles. The maximum absolute atomic E-state index is 12.5. The number of carbonyl (C=O) groups is 1. The largest absolute Gasteiger partial charge is 0.573 e. The van der Waals surface area contributed by atoms with Gasteiger partial charge in [-0.05, 0) is 57.1 Å². The fourth-order valence-corrected chi connectivity index (χ4v) is 4.11. The van der Waals surface area contributed by atoms with Crippen molar-refractivity contribution in [2.24, 2.45) is 0 Å². The highest BCUT2D eigenvalue weighted by Crippen LogP contribution is 2.30. The average molecular weight is 413 g/mol. The van der Waals surface area contributed by atoms with E-state index >= 15 is 0 Å². The van der Waals surface area contributed by atoms with Crippen LogP contribution in [0.15, 0.2) is 24.3 Å². The maximum atomic E-state index is 12.5. The van der Waals surface area contributed by atoms with E-state index in [0.29, 0.717) is 27.7 Å². The standard InChI is InChI=1S/C19H22F3N3O2S/c1-13-16(17(26)23-9-12-25-10-3-2-4-11-25)28-18(24-13)14-5-7-15(8-6-14)27-19(20,21)22/h5-8H,2-4,9-12H2,1H3,(H,23,26). The molecule has 1 N–H and O–H groups in total. The summed E-state index contributed by atoms with van der Waals surface area (Å²) in [5, 5.41) is 3.51. The summed E-state index contributed by atoms with van der Waals surface area (Å²) < 4.78 is 40.6. The Kier molecular flexibility index (Phi) is 6.56. The van der Waals surface area contributed by atoms with Gasteiger partial charge in [0.25, 0.3) is 5.91 Å². The van der Waals surface area contributed by atoms with Crippen molar-refractivity contribution in [3.05, 3.63) is 34.8 Å². The van der Waals surface area contributed by atoms with Gasteiger partial charge in [0.15, 0.2) is 0 Å². The van der Waals surface area contributed by atoms with Crippen molar-refractivity contribution in [3.63, 3.8) is 0 Å². The Morgan fingerprint density at radius 3 is 2.54 bits per heavy atom. The van der Waals surface area contributed by atoms with Gasteiger partial charge in [-0.2, -0.15) is 0 Å². The van der Waals surface area contributed by atoms with Gasteiger partial charge in [0, 0.05) is 18.7 Å². The predicted octanol–water partition coefficient (Wildman–Crippen LogP) is 4.23. The summed E-state index contributed by atoms with van der Waals surface area (Å²) in [6.45, 7) is 5.31. The molecule has 1 aliphatic heterocycles. The number of carbonyl (C=O) groups excluding carboxylic acids is 1. The van der Waals surface area contributed by atoms with Gasteiger partial charge < -0.3 is 15.0 Å². The molecule has 0 saturated carbocycles. The van der Waals surface area contributed by atoms with Gasteiger partial charge in [-0.15, -0.1) is 24.5 Å². The number of rotatable bonds is 6. The molecule has 5 nitrogen and oxygen atoms in total. The Balaban J connectivity index is 1.59. The first-order chi connectivity index (χ1) is 13.3. The van der Waals surface area contributed by atoms with Crippen LogP contribution < -0.4 is 10.1 Å². The minimum absolute atomic E-state index is 0.171. The number of nitrogens with one attached hydrogen (secondary N) is 1. The summed E-state index contributed by atoms with van der Waals surface area (Å²) in [6, 6.07) is 5.46. The molecule has 2 aromatic rings. The minimum atomic E-state index is -4.72. The first-order valence-electron chi connectivity index (χ1n) is 9.16. The van der Waals surface area contributed by atoms with Crippen molar-refractivity contribution in [1.29, 1.82) is 0 Å². The molecule has 1 fully saturated rings. The summed E-state index contributed by atoms with van der Waals surface area (Å²) in [7, 11) is 0.